The molecule has 2 N–H and O–H groups in total. The predicted molar refractivity (Wildman–Crippen MR) is 79.0 cm³/mol. The lowest BCUT2D eigenvalue weighted by Crippen LogP contribution is -2.55. The number of aliphatic carboxylic acids is 1. The third-order valence-electron chi connectivity index (χ3n) is 3.22. The molecule has 1 aliphatic heterocycles. The number of urea groups is 1. The number of likely N-dealkylation sites (tertiary alicyclic amines) is 1. The Bertz CT molecular complexity index is 446. The van der Waals surface area contributed by atoms with Gasteiger partial charge in [-0.15, -0.1) is 0 Å². The van der Waals surface area contributed by atoms with Gasteiger partial charge in [0.05, 0.1) is 0 Å². The molecule has 1 rings (SSSR count). The molecular weight excluding hydrogens is 290 g/mol. The molecule has 22 heavy (non-hydrogen) atoms. The molecule has 2 amide bonds. The molecule has 0 aromatic heterocycles. The lowest BCUT2D eigenvalue weighted by atomic mass is 10.1. The van der Waals surface area contributed by atoms with Gasteiger partial charge in [-0.25, -0.2) is 15.0 Å². The summed E-state index contributed by atoms with van der Waals surface area (Å²) in [5.74, 6) is -1.50. The number of nitrogens with zero attached hydrogens (tertiary/aromatic N) is 2. The first-order valence-electron chi connectivity index (χ1n) is 7.29. The molecule has 8 nitrogen and oxygen atoms in total. The van der Waals surface area contributed by atoms with E-state index >= 15 is 0 Å². The van der Waals surface area contributed by atoms with E-state index in [0.29, 0.717) is 19.4 Å². The summed E-state index contributed by atoms with van der Waals surface area (Å²) in [6.07, 6.45) is 1.25. The summed E-state index contributed by atoms with van der Waals surface area (Å²) in [5, 5.41) is 9.96. The number of carbonyl (C=O) groups is 3. The van der Waals surface area contributed by atoms with Crippen molar-refractivity contribution in [3.63, 3.8) is 0 Å². The maximum absolute atomic E-state index is 12.4. The van der Waals surface area contributed by atoms with E-state index in [9.17, 15) is 14.4 Å². The van der Waals surface area contributed by atoms with Gasteiger partial charge < -0.3 is 14.7 Å². The predicted octanol–water partition coefficient (Wildman–Crippen LogP) is 0.822. The van der Waals surface area contributed by atoms with Crippen LogP contribution in [0.4, 0.5) is 4.79 Å². The van der Waals surface area contributed by atoms with E-state index in [2.05, 4.69) is 5.43 Å². The maximum Gasteiger partial charge on any atom is 0.334 e. The minimum atomic E-state index is -1.07. The fraction of sp³-hybridized carbons (Fsp3) is 0.786. The molecule has 8 heteroatoms. The zero-order valence-electron chi connectivity index (χ0n) is 13.8. The van der Waals surface area contributed by atoms with Crippen LogP contribution in [0.2, 0.25) is 0 Å². The Hall–Kier alpha value is -1.83. The van der Waals surface area contributed by atoms with Crippen LogP contribution in [0.1, 0.15) is 40.5 Å². The summed E-state index contributed by atoms with van der Waals surface area (Å²) >= 11 is 0. The van der Waals surface area contributed by atoms with Gasteiger partial charge in [0.1, 0.15) is 17.7 Å². The zero-order valence-corrected chi connectivity index (χ0v) is 13.8. The minimum Gasteiger partial charge on any atom is -0.480 e. The standard InChI is InChI=1S/C14H25N3O5/c1-9(11(18)19)15-16(5)13(21)17-8-6-7-10(17)12(20)22-14(2,3)4/h9-10,15H,6-8H2,1-5H3,(H,18,19)/t9?,10-/m0/s1. The summed E-state index contributed by atoms with van der Waals surface area (Å²) in [5.41, 5.74) is 1.94. The number of hydrogen-bond acceptors (Lipinski definition) is 5. The molecule has 0 aromatic rings. The van der Waals surface area contributed by atoms with Gasteiger partial charge in [0.25, 0.3) is 0 Å². The normalized spacial score (nSPS) is 19.7. The van der Waals surface area contributed by atoms with Crippen LogP contribution in [-0.2, 0) is 14.3 Å². The lowest BCUT2D eigenvalue weighted by molar-refractivity contribution is -0.159. The van der Waals surface area contributed by atoms with E-state index in [4.69, 9.17) is 9.84 Å². The Kier molecular flexibility index (Phi) is 5.76. The second kappa shape index (κ2) is 6.95. The third-order valence-corrected chi connectivity index (χ3v) is 3.22. The molecule has 0 spiro atoms. The highest BCUT2D eigenvalue weighted by atomic mass is 16.6. The Morgan fingerprint density at radius 2 is 1.95 bits per heavy atom. The summed E-state index contributed by atoms with van der Waals surface area (Å²) < 4.78 is 5.34. The number of carboxylic acids is 1. The summed E-state index contributed by atoms with van der Waals surface area (Å²) in [6.45, 7) is 7.19. The van der Waals surface area contributed by atoms with Crippen molar-refractivity contribution in [2.24, 2.45) is 0 Å². The molecule has 1 saturated heterocycles. The molecule has 0 aliphatic carbocycles. The summed E-state index contributed by atoms with van der Waals surface area (Å²) in [7, 11) is 1.44. The van der Waals surface area contributed by atoms with E-state index in [0.717, 1.165) is 5.01 Å². The number of carboxylic acid groups (broad SMARTS) is 1. The molecule has 0 bridgehead atoms. The summed E-state index contributed by atoms with van der Waals surface area (Å²) in [4.78, 5) is 36.8. The van der Waals surface area contributed by atoms with Crippen molar-refractivity contribution < 1.29 is 24.2 Å². The van der Waals surface area contributed by atoms with Gasteiger partial charge in [0.2, 0.25) is 0 Å². The van der Waals surface area contributed by atoms with Crippen molar-refractivity contribution in [3.05, 3.63) is 0 Å². The van der Waals surface area contributed by atoms with Crippen molar-refractivity contribution in [2.75, 3.05) is 13.6 Å². The molecular formula is C14H25N3O5. The number of hydrazine groups is 1. The van der Waals surface area contributed by atoms with Crippen molar-refractivity contribution in [1.29, 1.82) is 0 Å². The average molecular weight is 315 g/mol. The Morgan fingerprint density at radius 1 is 1.36 bits per heavy atom. The summed E-state index contributed by atoms with van der Waals surface area (Å²) in [6, 6.07) is -1.98. The Balaban J connectivity index is 2.71. The number of ether oxygens (including phenoxy) is 1. The molecule has 0 radical (unpaired) electrons. The molecule has 1 fully saturated rings. The van der Waals surface area contributed by atoms with Crippen molar-refractivity contribution in [1.82, 2.24) is 15.3 Å². The Morgan fingerprint density at radius 3 is 2.45 bits per heavy atom. The first-order chi connectivity index (χ1) is 10.0. The topological polar surface area (TPSA) is 99.2 Å². The maximum atomic E-state index is 12.4. The van der Waals surface area contributed by atoms with E-state index in [1.165, 1.54) is 18.9 Å². The van der Waals surface area contributed by atoms with E-state index in [1.807, 2.05) is 0 Å². The van der Waals surface area contributed by atoms with Gasteiger partial charge in [0.15, 0.2) is 0 Å². The van der Waals surface area contributed by atoms with Gasteiger partial charge in [0, 0.05) is 13.6 Å². The zero-order chi connectivity index (χ0) is 17.1. The third kappa shape index (κ3) is 4.87. The van der Waals surface area contributed by atoms with Gasteiger partial charge >= 0.3 is 18.0 Å². The fourth-order valence-corrected chi connectivity index (χ4v) is 2.20. The number of amides is 2. The first-order valence-corrected chi connectivity index (χ1v) is 7.29. The number of nitrogens with one attached hydrogen (secondary N) is 1. The molecule has 1 unspecified atom stereocenters. The second-order valence-electron chi connectivity index (χ2n) is 6.42. The SMILES string of the molecule is CC(NN(C)C(=O)N1CCC[C@H]1C(=O)OC(C)(C)C)C(=O)O. The lowest BCUT2D eigenvalue weighted by Gasteiger charge is -2.31. The monoisotopic (exact) mass is 315 g/mol. The molecule has 1 aliphatic rings. The van der Waals surface area contributed by atoms with Gasteiger partial charge in [-0.1, -0.05) is 0 Å². The molecule has 0 aromatic carbocycles. The smallest absolute Gasteiger partial charge is 0.334 e. The molecule has 1 heterocycles. The van der Waals surface area contributed by atoms with Crippen LogP contribution in [-0.4, -0.2) is 64.3 Å². The average Bonchev–Trinajstić information content (AvgIpc) is 2.84. The van der Waals surface area contributed by atoms with Gasteiger partial charge in [-0.3, -0.25) is 9.80 Å². The van der Waals surface area contributed by atoms with Crippen LogP contribution in [0, 0.1) is 0 Å². The second-order valence-corrected chi connectivity index (χ2v) is 6.42. The van der Waals surface area contributed by atoms with Crippen LogP contribution in [0.15, 0.2) is 0 Å². The van der Waals surface area contributed by atoms with Crippen LogP contribution in [0.25, 0.3) is 0 Å². The van der Waals surface area contributed by atoms with E-state index in [1.54, 1.807) is 20.8 Å². The highest BCUT2D eigenvalue weighted by molar-refractivity contribution is 5.84. The van der Waals surface area contributed by atoms with Crippen molar-refractivity contribution >= 4 is 18.0 Å². The van der Waals surface area contributed by atoms with Crippen molar-refractivity contribution in [3.8, 4) is 0 Å². The van der Waals surface area contributed by atoms with Crippen LogP contribution >= 0.6 is 0 Å². The number of esters is 1. The van der Waals surface area contributed by atoms with Crippen LogP contribution < -0.4 is 5.43 Å². The molecule has 126 valence electrons. The van der Waals surface area contributed by atoms with Crippen LogP contribution in [0.5, 0.6) is 0 Å². The van der Waals surface area contributed by atoms with E-state index in [-0.39, 0.29) is 0 Å². The van der Waals surface area contributed by atoms with Crippen LogP contribution in [0.3, 0.4) is 0 Å². The minimum absolute atomic E-state index is 0.432. The molecule has 0 saturated carbocycles. The van der Waals surface area contributed by atoms with Crippen molar-refractivity contribution in [2.45, 2.75) is 58.2 Å². The number of carbonyl (C=O) groups excluding carboxylic acids is 2. The van der Waals surface area contributed by atoms with E-state index < -0.39 is 35.7 Å². The van der Waals surface area contributed by atoms with Gasteiger partial charge in [-0.2, -0.15) is 0 Å². The first kappa shape index (κ1) is 18.2. The Labute approximate surface area is 130 Å². The number of hydrogen-bond donors (Lipinski definition) is 2. The number of rotatable bonds is 4. The fourth-order valence-electron chi connectivity index (χ4n) is 2.20. The highest BCUT2D eigenvalue weighted by Gasteiger charge is 2.38. The largest absolute Gasteiger partial charge is 0.480 e. The molecule has 2 atom stereocenters. The highest BCUT2D eigenvalue weighted by Crippen LogP contribution is 2.22. The quantitative estimate of drug-likeness (QED) is 0.589. The van der Waals surface area contributed by atoms with Gasteiger partial charge in [-0.05, 0) is 40.5 Å².